The lowest BCUT2D eigenvalue weighted by molar-refractivity contribution is -0.121. The van der Waals surface area contributed by atoms with Gasteiger partial charge < -0.3 is 10.6 Å². The predicted octanol–water partition coefficient (Wildman–Crippen LogP) is 2.31. The molecule has 0 aromatic rings. The van der Waals surface area contributed by atoms with E-state index in [1.807, 2.05) is 11.8 Å². The van der Waals surface area contributed by atoms with E-state index < -0.39 is 0 Å². The molecule has 2 aliphatic rings. The molecule has 0 aliphatic heterocycles. The summed E-state index contributed by atoms with van der Waals surface area (Å²) < 4.78 is 0. The van der Waals surface area contributed by atoms with Crippen LogP contribution in [0.15, 0.2) is 0 Å². The Kier molecular flexibility index (Phi) is 5.83. The van der Waals surface area contributed by atoms with Gasteiger partial charge in [0.25, 0.3) is 0 Å². The number of amides is 1. The maximum Gasteiger partial charge on any atom is 0.234 e. The number of carbonyl (C=O) groups is 1. The summed E-state index contributed by atoms with van der Waals surface area (Å²) in [7, 11) is 0. The van der Waals surface area contributed by atoms with Gasteiger partial charge in [-0.25, -0.2) is 0 Å². The monoisotopic (exact) mass is 270 g/mol. The predicted molar refractivity (Wildman–Crippen MR) is 78.0 cm³/mol. The van der Waals surface area contributed by atoms with Crippen LogP contribution in [0.4, 0.5) is 0 Å². The highest BCUT2D eigenvalue weighted by Gasteiger charge is 2.25. The van der Waals surface area contributed by atoms with Gasteiger partial charge in [-0.3, -0.25) is 4.79 Å². The van der Waals surface area contributed by atoms with Gasteiger partial charge in [0.05, 0.1) is 6.54 Å². The van der Waals surface area contributed by atoms with Gasteiger partial charge in [0.1, 0.15) is 0 Å². The molecule has 2 N–H and O–H groups in total. The highest BCUT2D eigenvalue weighted by Crippen LogP contribution is 2.29. The molecule has 4 heteroatoms. The van der Waals surface area contributed by atoms with Gasteiger partial charge in [0.2, 0.25) is 5.91 Å². The molecule has 0 aromatic heterocycles. The highest BCUT2D eigenvalue weighted by atomic mass is 32.2. The first-order valence-electron chi connectivity index (χ1n) is 7.42. The van der Waals surface area contributed by atoms with E-state index >= 15 is 0 Å². The Morgan fingerprint density at radius 3 is 2.67 bits per heavy atom. The van der Waals surface area contributed by atoms with Gasteiger partial charge in [-0.1, -0.05) is 19.8 Å². The van der Waals surface area contributed by atoms with E-state index in [9.17, 15) is 4.79 Å². The molecule has 2 rings (SSSR count). The fourth-order valence-electron chi connectivity index (χ4n) is 3.10. The Bertz CT molecular complexity index is 267. The van der Waals surface area contributed by atoms with Gasteiger partial charge in [-0.15, -0.1) is 0 Å². The quantitative estimate of drug-likeness (QED) is 0.778. The molecule has 0 aromatic carbocycles. The summed E-state index contributed by atoms with van der Waals surface area (Å²) in [4.78, 5) is 11.8. The van der Waals surface area contributed by atoms with Crippen LogP contribution >= 0.6 is 11.8 Å². The first-order chi connectivity index (χ1) is 8.78. The number of rotatable bonds is 6. The summed E-state index contributed by atoms with van der Waals surface area (Å²) in [5.41, 5.74) is 0. The van der Waals surface area contributed by atoms with Crippen molar-refractivity contribution < 1.29 is 4.79 Å². The first kappa shape index (κ1) is 14.2. The molecule has 2 unspecified atom stereocenters. The van der Waals surface area contributed by atoms with Gasteiger partial charge in [-0.2, -0.15) is 11.8 Å². The molecule has 0 radical (unpaired) electrons. The molecule has 2 saturated carbocycles. The fraction of sp³-hybridized carbons (Fsp3) is 0.929. The van der Waals surface area contributed by atoms with Gasteiger partial charge >= 0.3 is 0 Å². The summed E-state index contributed by atoms with van der Waals surface area (Å²) in [5.74, 6) is 1.38. The maximum atomic E-state index is 11.8. The average Bonchev–Trinajstić information content (AvgIpc) is 2.99. The van der Waals surface area contributed by atoms with Crippen molar-refractivity contribution in [3.8, 4) is 0 Å². The maximum absolute atomic E-state index is 11.8. The van der Waals surface area contributed by atoms with Crippen molar-refractivity contribution >= 4 is 17.7 Å². The van der Waals surface area contributed by atoms with Crippen molar-refractivity contribution in [1.82, 2.24) is 10.6 Å². The van der Waals surface area contributed by atoms with E-state index in [4.69, 9.17) is 0 Å². The number of hydrogen-bond acceptors (Lipinski definition) is 3. The third-order valence-corrected chi connectivity index (χ3v) is 5.29. The van der Waals surface area contributed by atoms with Crippen LogP contribution in [0.25, 0.3) is 0 Å². The minimum absolute atomic E-state index is 0.189. The lowest BCUT2D eigenvalue weighted by Gasteiger charge is -2.15. The number of hydrogen-bond donors (Lipinski definition) is 2. The Hall–Kier alpha value is -0.220. The summed E-state index contributed by atoms with van der Waals surface area (Å²) in [6, 6.07) is 1.01. The Morgan fingerprint density at radius 2 is 1.94 bits per heavy atom. The molecule has 1 amide bonds. The summed E-state index contributed by atoms with van der Waals surface area (Å²) in [6.45, 7) is 2.72. The zero-order valence-corrected chi connectivity index (χ0v) is 12.2. The van der Waals surface area contributed by atoms with E-state index in [1.165, 1.54) is 37.9 Å². The van der Waals surface area contributed by atoms with Crippen LogP contribution in [0.3, 0.4) is 0 Å². The second-order valence-electron chi connectivity index (χ2n) is 5.52. The van der Waals surface area contributed by atoms with Crippen molar-refractivity contribution in [3.05, 3.63) is 0 Å². The molecule has 18 heavy (non-hydrogen) atoms. The van der Waals surface area contributed by atoms with Crippen LogP contribution in [-0.2, 0) is 4.79 Å². The molecule has 2 fully saturated rings. The highest BCUT2D eigenvalue weighted by molar-refractivity contribution is 7.99. The van der Waals surface area contributed by atoms with Crippen molar-refractivity contribution in [1.29, 1.82) is 0 Å². The molecule has 104 valence electrons. The van der Waals surface area contributed by atoms with Crippen LogP contribution < -0.4 is 10.6 Å². The minimum Gasteiger partial charge on any atom is -0.352 e. The smallest absolute Gasteiger partial charge is 0.234 e. The van der Waals surface area contributed by atoms with Crippen molar-refractivity contribution in [2.24, 2.45) is 0 Å². The van der Waals surface area contributed by atoms with Crippen molar-refractivity contribution in [2.75, 3.05) is 12.3 Å². The molecule has 2 atom stereocenters. The van der Waals surface area contributed by atoms with E-state index in [0.717, 1.165) is 18.1 Å². The Balaban J connectivity index is 1.59. The molecule has 0 heterocycles. The zero-order valence-electron chi connectivity index (χ0n) is 11.4. The number of carbonyl (C=O) groups excluding carboxylic acids is 1. The van der Waals surface area contributed by atoms with Crippen LogP contribution in [0.5, 0.6) is 0 Å². The van der Waals surface area contributed by atoms with E-state index in [0.29, 0.717) is 18.6 Å². The Labute approximate surface area is 115 Å². The lowest BCUT2D eigenvalue weighted by atomic mass is 10.2. The van der Waals surface area contributed by atoms with Gasteiger partial charge in [0.15, 0.2) is 0 Å². The number of thioether (sulfide) groups is 1. The van der Waals surface area contributed by atoms with Crippen molar-refractivity contribution in [2.45, 2.75) is 69.2 Å². The molecular weight excluding hydrogens is 244 g/mol. The normalized spacial score (nSPS) is 28.7. The average molecular weight is 270 g/mol. The third-order valence-electron chi connectivity index (χ3n) is 4.06. The van der Waals surface area contributed by atoms with Gasteiger partial charge in [0, 0.05) is 17.3 Å². The summed E-state index contributed by atoms with van der Waals surface area (Å²) in [6.07, 6.45) is 8.70. The van der Waals surface area contributed by atoms with Crippen LogP contribution in [0.1, 0.15) is 51.9 Å². The van der Waals surface area contributed by atoms with E-state index in [1.54, 1.807) is 0 Å². The largest absolute Gasteiger partial charge is 0.352 e. The molecule has 0 bridgehead atoms. The minimum atomic E-state index is 0.189. The molecular formula is C14H26N2OS. The van der Waals surface area contributed by atoms with Crippen LogP contribution in [-0.4, -0.2) is 35.5 Å². The summed E-state index contributed by atoms with van der Waals surface area (Å²) in [5, 5.41) is 7.32. The molecule has 2 aliphatic carbocycles. The lowest BCUT2D eigenvalue weighted by Crippen LogP contribution is -2.41. The topological polar surface area (TPSA) is 41.1 Å². The molecule has 3 nitrogen and oxygen atoms in total. The van der Waals surface area contributed by atoms with Crippen LogP contribution in [0.2, 0.25) is 0 Å². The second-order valence-corrected chi connectivity index (χ2v) is 7.09. The van der Waals surface area contributed by atoms with E-state index in [-0.39, 0.29) is 5.91 Å². The van der Waals surface area contributed by atoms with Crippen molar-refractivity contribution in [3.63, 3.8) is 0 Å². The SMILES string of the molecule is CCSC1CCC(NC(=O)CNC2CCCC2)C1. The third kappa shape index (κ3) is 4.47. The molecule has 0 spiro atoms. The second kappa shape index (κ2) is 7.39. The fourth-order valence-corrected chi connectivity index (χ4v) is 4.25. The van der Waals surface area contributed by atoms with E-state index in [2.05, 4.69) is 17.6 Å². The Morgan fingerprint density at radius 1 is 1.17 bits per heavy atom. The molecule has 0 saturated heterocycles. The summed E-state index contributed by atoms with van der Waals surface area (Å²) >= 11 is 2.04. The zero-order chi connectivity index (χ0) is 12.8. The first-order valence-corrected chi connectivity index (χ1v) is 8.47. The number of nitrogens with one attached hydrogen (secondary N) is 2. The van der Waals surface area contributed by atoms with Crippen LogP contribution in [0, 0.1) is 0 Å². The standard InChI is InChI=1S/C14H26N2OS/c1-2-18-13-8-7-12(9-13)16-14(17)10-15-11-5-3-4-6-11/h11-13,15H,2-10H2,1H3,(H,16,17). The van der Waals surface area contributed by atoms with Gasteiger partial charge in [-0.05, 0) is 37.9 Å².